The van der Waals surface area contributed by atoms with Crippen LogP contribution in [-0.4, -0.2) is 30.6 Å². The molecule has 22 heavy (non-hydrogen) atoms. The maximum Gasteiger partial charge on any atom is 0.191 e. The van der Waals surface area contributed by atoms with E-state index in [1.807, 2.05) is 18.2 Å². The minimum Gasteiger partial charge on any atom is -0.357 e. The van der Waals surface area contributed by atoms with Gasteiger partial charge in [0.1, 0.15) is 5.01 Å². The van der Waals surface area contributed by atoms with Gasteiger partial charge < -0.3 is 10.6 Å². The lowest BCUT2D eigenvalue weighted by Crippen LogP contribution is -2.37. The van der Waals surface area contributed by atoms with Crippen LogP contribution in [0.5, 0.6) is 0 Å². The molecular weight excluding hydrogens is 407 g/mol. The zero-order valence-electron chi connectivity index (χ0n) is 13.0. The van der Waals surface area contributed by atoms with Crippen LogP contribution in [0.4, 0.5) is 0 Å². The SMILES string of the molecule is CCNC(=NCCc1csc(-c2ccccc2)n1)NCC.I. The van der Waals surface area contributed by atoms with E-state index in [-0.39, 0.29) is 24.0 Å². The summed E-state index contributed by atoms with van der Waals surface area (Å²) in [6.07, 6.45) is 0.865. The Bertz CT molecular complexity index is 561. The average Bonchev–Trinajstić information content (AvgIpc) is 2.97. The van der Waals surface area contributed by atoms with Crippen molar-refractivity contribution in [1.82, 2.24) is 15.6 Å². The van der Waals surface area contributed by atoms with Crippen molar-refractivity contribution in [2.75, 3.05) is 19.6 Å². The molecule has 2 aromatic rings. The van der Waals surface area contributed by atoms with E-state index in [4.69, 9.17) is 0 Å². The fourth-order valence-corrected chi connectivity index (χ4v) is 2.79. The van der Waals surface area contributed by atoms with Crippen molar-refractivity contribution in [3.63, 3.8) is 0 Å². The maximum absolute atomic E-state index is 4.68. The maximum atomic E-state index is 4.68. The zero-order valence-corrected chi connectivity index (χ0v) is 16.2. The van der Waals surface area contributed by atoms with Gasteiger partial charge in [-0.15, -0.1) is 35.3 Å². The third-order valence-corrected chi connectivity index (χ3v) is 3.84. The molecule has 0 aliphatic carbocycles. The summed E-state index contributed by atoms with van der Waals surface area (Å²) >= 11 is 1.69. The lowest BCUT2D eigenvalue weighted by Gasteiger charge is -2.08. The molecule has 0 atom stereocenters. The van der Waals surface area contributed by atoms with E-state index in [0.29, 0.717) is 0 Å². The molecule has 0 spiro atoms. The fourth-order valence-electron chi connectivity index (χ4n) is 1.93. The summed E-state index contributed by atoms with van der Waals surface area (Å²) in [5, 5.41) is 9.64. The van der Waals surface area contributed by atoms with Crippen molar-refractivity contribution in [2.45, 2.75) is 20.3 Å². The molecule has 120 valence electrons. The molecule has 2 rings (SSSR count). The van der Waals surface area contributed by atoms with Crippen LogP contribution < -0.4 is 10.6 Å². The molecule has 0 saturated heterocycles. The van der Waals surface area contributed by atoms with E-state index in [9.17, 15) is 0 Å². The van der Waals surface area contributed by atoms with Gasteiger partial charge in [0, 0.05) is 37.0 Å². The summed E-state index contributed by atoms with van der Waals surface area (Å²) in [5.41, 5.74) is 2.29. The van der Waals surface area contributed by atoms with Crippen molar-refractivity contribution in [2.24, 2.45) is 4.99 Å². The molecule has 4 nitrogen and oxygen atoms in total. The largest absolute Gasteiger partial charge is 0.357 e. The Morgan fingerprint density at radius 2 is 1.82 bits per heavy atom. The second kappa shape index (κ2) is 10.6. The lowest BCUT2D eigenvalue weighted by molar-refractivity contribution is 0.829. The number of aromatic nitrogens is 1. The lowest BCUT2D eigenvalue weighted by atomic mass is 10.2. The van der Waals surface area contributed by atoms with Crippen LogP contribution in [0.3, 0.4) is 0 Å². The Morgan fingerprint density at radius 3 is 2.45 bits per heavy atom. The first-order valence-corrected chi connectivity index (χ1v) is 8.23. The molecule has 0 amide bonds. The first kappa shape index (κ1) is 18.9. The molecule has 0 aliphatic heterocycles. The summed E-state index contributed by atoms with van der Waals surface area (Å²) in [4.78, 5) is 9.22. The van der Waals surface area contributed by atoms with Crippen LogP contribution in [0.1, 0.15) is 19.5 Å². The number of hydrogen-bond donors (Lipinski definition) is 2. The molecule has 1 heterocycles. The Labute approximate surface area is 153 Å². The van der Waals surface area contributed by atoms with Gasteiger partial charge in [0.05, 0.1) is 5.69 Å². The van der Waals surface area contributed by atoms with E-state index in [0.717, 1.165) is 42.7 Å². The highest BCUT2D eigenvalue weighted by Gasteiger charge is 2.04. The molecule has 6 heteroatoms. The Morgan fingerprint density at radius 1 is 1.14 bits per heavy atom. The average molecular weight is 430 g/mol. The van der Waals surface area contributed by atoms with E-state index in [1.165, 1.54) is 5.56 Å². The highest BCUT2D eigenvalue weighted by atomic mass is 127. The van der Waals surface area contributed by atoms with Gasteiger partial charge in [-0.25, -0.2) is 4.98 Å². The highest BCUT2D eigenvalue weighted by Crippen LogP contribution is 2.23. The Hall–Kier alpha value is -1.15. The number of nitrogens with zero attached hydrogens (tertiary/aromatic N) is 2. The van der Waals surface area contributed by atoms with Gasteiger partial charge >= 0.3 is 0 Å². The quantitative estimate of drug-likeness (QED) is 0.419. The summed E-state index contributed by atoms with van der Waals surface area (Å²) in [7, 11) is 0. The molecule has 0 bridgehead atoms. The molecule has 0 fully saturated rings. The number of hydrogen-bond acceptors (Lipinski definition) is 3. The zero-order chi connectivity index (χ0) is 14.9. The summed E-state index contributed by atoms with van der Waals surface area (Å²) in [5.74, 6) is 0.874. The van der Waals surface area contributed by atoms with Crippen molar-refractivity contribution in [3.05, 3.63) is 41.4 Å². The number of aliphatic imine (C=N–C) groups is 1. The van der Waals surface area contributed by atoms with Crippen molar-refractivity contribution in [1.29, 1.82) is 0 Å². The van der Waals surface area contributed by atoms with Gasteiger partial charge in [-0.3, -0.25) is 4.99 Å². The molecule has 0 radical (unpaired) electrons. The molecule has 0 aliphatic rings. The third-order valence-electron chi connectivity index (χ3n) is 2.90. The Kier molecular flexibility index (Phi) is 9.07. The van der Waals surface area contributed by atoms with Crippen LogP contribution >= 0.6 is 35.3 Å². The van der Waals surface area contributed by atoms with Gasteiger partial charge in [-0.2, -0.15) is 0 Å². The number of benzene rings is 1. The molecule has 0 unspecified atom stereocenters. The van der Waals surface area contributed by atoms with E-state index in [1.54, 1.807) is 11.3 Å². The van der Waals surface area contributed by atoms with Crippen molar-refractivity contribution in [3.8, 4) is 10.6 Å². The number of guanidine groups is 1. The minimum absolute atomic E-state index is 0. The predicted octanol–water partition coefficient (Wildman–Crippen LogP) is 3.55. The van der Waals surface area contributed by atoms with Crippen LogP contribution in [0.15, 0.2) is 40.7 Å². The molecular formula is C16H23IN4S. The van der Waals surface area contributed by atoms with Gasteiger partial charge in [0.25, 0.3) is 0 Å². The second-order valence-corrected chi connectivity index (χ2v) is 5.41. The smallest absolute Gasteiger partial charge is 0.191 e. The molecule has 2 N–H and O–H groups in total. The van der Waals surface area contributed by atoms with Gasteiger partial charge in [-0.05, 0) is 13.8 Å². The molecule has 1 aromatic heterocycles. The first-order valence-electron chi connectivity index (χ1n) is 7.35. The van der Waals surface area contributed by atoms with Crippen LogP contribution in [0, 0.1) is 0 Å². The predicted molar refractivity (Wildman–Crippen MR) is 106 cm³/mol. The summed E-state index contributed by atoms with van der Waals surface area (Å²) in [6.45, 7) is 6.63. The summed E-state index contributed by atoms with van der Waals surface area (Å²) in [6, 6.07) is 10.3. The van der Waals surface area contributed by atoms with Crippen LogP contribution in [-0.2, 0) is 6.42 Å². The highest BCUT2D eigenvalue weighted by molar-refractivity contribution is 14.0. The number of rotatable bonds is 6. The van der Waals surface area contributed by atoms with Crippen molar-refractivity contribution >= 4 is 41.3 Å². The van der Waals surface area contributed by atoms with E-state index >= 15 is 0 Å². The van der Waals surface area contributed by atoms with E-state index < -0.39 is 0 Å². The normalized spacial score (nSPS) is 9.73. The van der Waals surface area contributed by atoms with Crippen molar-refractivity contribution < 1.29 is 0 Å². The second-order valence-electron chi connectivity index (χ2n) is 4.55. The standard InChI is InChI=1S/C16H22N4S.HI/c1-3-17-16(18-4-2)19-11-10-14-12-21-15(20-14)13-8-6-5-7-9-13;/h5-9,12H,3-4,10-11H2,1-2H3,(H2,17,18,19);1H. The monoisotopic (exact) mass is 430 g/mol. The van der Waals surface area contributed by atoms with E-state index in [2.05, 4.69) is 52.0 Å². The topological polar surface area (TPSA) is 49.3 Å². The molecule has 1 aromatic carbocycles. The summed E-state index contributed by atoms with van der Waals surface area (Å²) < 4.78 is 0. The third kappa shape index (κ3) is 5.92. The number of nitrogens with one attached hydrogen (secondary N) is 2. The molecule has 0 saturated carbocycles. The Balaban J connectivity index is 0.00000242. The number of thiazole rings is 1. The fraction of sp³-hybridized carbons (Fsp3) is 0.375. The van der Waals surface area contributed by atoms with Gasteiger partial charge in [0.2, 0.25) is 0 Å². The van der Waals surface area contributed by atoms with Gasteiger partial charge in [-0.1, -0.05) is 30.3 Å². The van der Waals surface area contributed by atoms with Crippen LogP contribution in [0.25, 0.3) is 10.6 Å². The first-order chi connectivity index (χ1) is 10.3. The van der Waals surface area contributed by atoms with Crippen LogP contribution in [0.2, 0.25) is 0 Å². The number of halogens is 1. The minimum atomic E-state index is 0. The van der Waals surface area contributed by atoms with Gasteiger partial charge in [0.15, 0.2) is 5.96 Å².